The number of hydrogen-bond acceptors (Lipinski definition) is 0. The third kappa shape index (κ3) is 3.63. The molecule has 2 bridgehead atoms. The van der Waals surface area contributed by atoms with Crippen molar-refractivity contribution >= 4 is 19.8 Å². The molecule has 2 aliphatic rings. The molecule has 0 amide bonds. The van der Waals surface area contributed by atoms with Gasteiger partial charge in [-0.05, 0) is 0 Å². The van der Waals surface area contributed by atoms with Crippen LogP contribution < -0.4 is 0 Å². The predicted octanol–water partition coefficient (Wildman–Crippen LogP) is 9.02. The first-order valence-electron chi connectivity index (χ1n) is 11.6. The van der Waals surface area contributed by atoms with Crippen LogP contribution in [0.15, 0.2) is 54.3 Å². The first-order valence-corrected chi connectivity index (χ1v) is 15.4. The Morgan fingerprint density at radius 3 is 2.10 bits per heavy atom. The van der Waals surface area contributed by atoms with Gasteiger partial charge in [-0.1, -0.05) is 0 Å². The maximum atomic E-state index is 3.66. The first kappa shape index (κ1) is 21.9. The second kappa shape index (κ2) is 8.67. The molecule has 1 heteroatoms. The predicted molar refractivity (Wildman–Crippen MR) is 140 cm³/mol. The number of alkyl halides is 3. The molecule has 30 heavy (non-hydrogen) atoms. The van der Waals surface area contributed by atoms with Crippen molar-refractivity contribution in [2.75, 3.05) is 0 Å². The van der Waals surface area contributed by atoms with Crippen LogP contribution >= 0.6 is 19.8 Å². The Morgan fingerprint density at radius 2 is 1.43 bits per heavy atom. The number of benzene rings is 2. The zero-order valence-corrected chi connectivity index (χ0v) is 21.8. The van der Waals surface area contributed by atoms with Gasteiger partial charge in [0.25, 0.3) is 0 Å². The Kier molecular flexibility index (Phi) is 6.33. The Morgan fingerprint density at radius 1 is 0.833 bits per heavy atom. The van der Waals surface area contributed by atoms with Gasteiger partial charge in [0.1, 0.15) is 0 Å². The van der Waals surface area contributed by atoms with Crippen molar-refractivity contribution in [1.29, 1.82) is 0 Å². The van der Waals surface area contributed by atoms with Gasteiger partial charge in [0.2, 0.25) is 0 Å². The normalized spacial score (nSPS) is 26.6. The monoisotopic (exact) mass is 512 g/mol. The number of halogens is 1. The van der Waals surface area contributed by atoms with E-state index < -0.39 is 19.8 Å². The molecule has 4 atom stereocenters. The van der Waals surface area contributed by atoms with Crippen LogP contribution in [0.2, 0.25) is 0 Å². The summed E-state index contributed by atoms with van der Waals surface area (Å²) in [6.45, 7) is 17.0. The maximum absolute atomic E-state index is 3.66. The molecule has 0 saturated carbocycles. The molecule has 2 aromatic rings. The fourth-order valence-electron chi connectivity index (χ4n) is 5.70. The van der Waals surface area contributed by atoms with Crippen LogP contribution in [0.25, 0.3) is 0 Å². The van der Waals surface area contributed by atoms with E-state index in [2.05, 4.69) is 103 Å². The molecule has 0 nitrogen and oxygen atoms in total. The van der Waals surface area contributed by atoms with Crippen molar-refractivity contribution in [3.8, 4) is 0 Å². The Bertz CT molecular complexity index is 989. The third-order valence-corrected chi connectivity index (χ3v) is 15.9. The van der Waals surface area contributed by atoms with E-state index in [4.69, 9.17) is 0 Å². The summed E-state index contributed by atoms with van der Waals surface area (Å²) in [5.74, 6) is 1.66. The van der Waals surface area contributed by atoms with Gasteiger partial charge >= 0.3 is 192 Å². The van der Waals surface area contributed by atoms with E-state index in [1.54, 1.807) is 27.8 Å². The summed E-state index contributed by atoms with van der Waals surface area (Å²) in [7, 11) is 0. The summed E-state index contributed by atoms with van der Waals surface area (Å²) < 4.78 is 2.17. The van der Waals surface area contributed by atoms with E-state index >= 15 is 0 Å². The Balaban J connectivity index is 1.95. The van der Waals surface area contributed by atoms with E-state index in [0.717, 1.165) is 14.3 Å². The topological polar surface area (TPSA) is 0 Å². The molecule has 0 saturated heterocycles. The van der Waals surface area contributed by atoms with E-state index in [9.17, 15) is 0 Å². The van der Waals surface area contributed by atoms with Crippen molar-refractivity contribution < 1.29 is 0 Å². The van der Waals surface area contributed by atoms with E-state index in [1.165, 1.54) is 5.56 Å². The zero-order chi connectivity index (χ0) is 21.6. The van der Waals surface area contributed by atoms with Gasteiger partial charge in [-0.15, -0.1) is 0 Å². The molecule has 160 valence electrons. The van der Waals surface area contributed by atoms with Crippen molar-refractivity contribution in [3.63, 3.8) is 0 Å². The molecule has 2 aliphatic heterocycles. The fourth-order valence-corrected chi connectivity index (χ4v) is 14.9. The summed E-state index contributed by atoms with van der Waals surface area (Å²) >= 11 is -1.37. The minimum atomic E-state index is -1.37. The van der Waals surface area contributed by atoms with Crippen molar-refractivity contribution in [2.24, 2.45) is 0 Å². The van der Waals surface area contributed by atoms with Crippen LogP contribution in [0.5, 0.6) is 0 Å². The number of rotatable bonds is 2. The zero-order valence-electron chi connectivity index (χ0n) is 19.7. The van der Waals surface area contributed by atoms with Crippen molar-refractivity contribution in [2.45, 2.75) is 84.4 Å². The molecule has 4 rings (SSSR count). The Hall–Kier alpha value is -1.31. The number of allylic oxidation sites excluding steroid dienone is 1. The average molecular weight is 513 g/mol. The summed E-state index contributed by atoms with van der Waals surface area (Å²) in [5.41, 5.74) is 13.2. The molecular formula is C29H37I. The molecule has 3 unspecified atom stereocenters. The second-order valence-electron chi connectivity index (χ2n) is 9.63. The van der Waals surface area contributed by atoms with E-state index in [-0.39, 0.29) is 0 Å². The van der Waals surface area contributed by atoms with Crippen LogP contribution in [-0.2, 0) is 6.42 Å². The van der Waals surface area contributed by atoms with Gasteiger partial charge in [-0.2, -0.15) is 0 Å². The van der Waals surface area contributed by atoms with Crippen molar-refractivity contribution in [1.82, 2.24) is 0 Å². The number of fused-ring (bicyclic) bond motifs is 5. The standard InChI is InChI=1S/C29H37I/c1-18(2)23-14-10-16-25-20(5)30-21(6)26(12-8-9-13-28(23)25)29-24(19(3)4)15-11-17-27(29)22(30)7/h9-12,14-22,26H,13H2,1-7H3/t8?,20?,21?,22?,26-/m0/s1. The molecule has 0 radical (unpaired) electrons. The van der Waals surface area contributed by atoms with E-state index in [1.807, 2.05) is 0 Å². The van der Waals surface area contributed by atoms with Crippen LogP contribution in [0.4, 0.5) is 0 Å². The van der Waals surface area contributed by atoms with Gasteiger partial charge in [0.05, 0.1) is 0 Å². The molecule has 0 aromatic heterocycles. The molecule has 2 aromatic carbocycles. The minimum absolute atomic E-state index is 0.522. The van der Waals surface area contributed by atoms with Crippen LogP contribution in [0.3, 0.4) is 0 Å². The Labute approximate surface area is 191 Å². The average Bonchev–Trinajstić information content (AvgIpc) is 2.71. The number of hydrogen-bond donors (Lipinski definition) is 0. The molecule has 0 spiro atoms. The molecular weight excluding hydrogens is 475 g/mol. The molecule has 2 heterocycles. The van der Waals surface area contributed by atoms with Crippen molar-refractivity contribution in [3.05, 3.63) is 87.7 Å². The molecule has 0 aliphatic carbocycles. The first-order chi connectivity index (χ1) is 14.3. The summed E-state index contributed by atoms with van der Waals surface area (Å²) in [5, 5.41) is 0. The van der Waals surface area contributed by atoms with Crippen LogP contribution in [0.1, 0.15) is 107 Å². The van der Waals surface area contributed by atoms with Gasteiger partial charge in [-0.25, -0.2) is 0 Å². The molecule has 0 fully saturated rings. The second-order valence-corrected chi connectivity index (χ2v) is 17.5. The summed E-state index contributed by atoms with van der Waals surface area (Å²) in [6, 6.07) is 14.2. The van der Waals surface area contributed by atoms with Gasteiger partial charge in [0.15, 0.2) is 0 Å². The summed E-state index contributed by atoms with van der Waals surface area (Å²) in [6.07, 6.45) is 5.74. The van der Waals surface area contributed by atoms with Gasteiger partial charge in [0, 0.05) is 0 Å². The van der Waals surface area contributed by atoms with Gasteiger partial charge < -0.3 is 0 Å². The summed E-state index contributed by atoms with van der Waals surface area (Å²) in [4.78, 5) is 0. The molecule has 0 N–H and O–H groups in total. The van der Waals surface area contributed by atoms with Crippen LogP contribution in [0, 0.1) is 0 Å². The van der Waals surface area contributed by atoms with E-state index in [0.29, 0.717) is 21.7 Å². The third-order valence-electron chi connectivity index (χ3n) is 7.20. The quantitative estimate of drug-likeness (QED) is 0.214. The SMILES string of the molecule is CC(C)c1cccc2c1CC=C=C[C@@H]1c3c(C(C)C)cccc3C(C)I(C2C)C1C. The fraction of sp³-hybridized carbons (Fsp3) is 0.483. The van der Waals surface area contributed by atoms with Gasteiger partial charge in [-0.3, -0.25) is 0 Å². The van der Waals surface area contributed by atoms with Crippen LogP contribution in [-0.4, -0.2) is 3.92 Å².